The second kappa shape index (κ2) is 5.76. The fraction of sp³-hybridized carbons (Fsp3) is 0.500. The van der Waals surface area contributed by atoms with E-state index in [2.05, 4.69) is 4.99 Å². The van der Waals surface area contributed by atoms with E-state index >= 15 is 0 Å². The molecule has 2 aliphatic heterocycles. The van der Waals surface area contributed by atoms with Crippen LogP contribution in [0.5, 0.6) is 0 Å². The minimum Gasteiger partial charge on any atom is -0.370 e. The first-order chi connectivity index (χ1) is 10.5. The highest BCUT2D eigenvalue weighted by Crippen LogP contribution is 2.36. The minimum atomic E-state index is -0.956. The molecule has 0 amide bonds. The third-order valence-electron chi connectivity index (χ3n) is 4.34. The van der Waals surface area contributed by atoms with Gasteiger partial charge in [0.15, 0.2) is 17.4 Å². The van der Waals surface area contributed by atoms with E-state index in [1.165, 1.54) is 0 Å². The van der Waals surface area contributed by atoms with Crippen LogP contribution in [0.3, 0.4) is 0 Å². The number of rotatable bonds is 2. The predicted octanol–water partition coefficient (Wildman–Crippen LogP) is 2.22. The summed E-state index contributed by atoms with van der Waals surface area (Å²) in [6.45, 7) is 3.03. The average Bonchev–Trinajstić information content (AvgIpc) is 2.81. The highest BCUT2D eigenvalue weighted by atomic mass is 19.2. The molecule has 118 valence electrons. The van der Waals surface area contributed by atoms with Gasteiger partial charge in [-0.05, 0) is 18.9 Å². The Labute approximate surface area is 128 Å². The summed E-state index contributed by atoms with van der Waals surface area (Å²) in [5.74, 6) is -2.26. The molecule has 0 aliphatic carbocycles. The van der Waals surface area contributed by atoms with E-state index in [0.29, 0.717) is 24.3 Å². The number of aliphatic imine (C=N–C) groups is 1. The molecule has 2 heterocycles. The van der Waals surface area contributed by atoms with Crippen LogP contribution in [-0.2, 0) is 4.79 Å². The molecule has 3 rings (SSSR count). The van der Waals surface area contributed by atoms with E-state index < -0.39 is 17.7 Å². The van der Waals surface area contributed by atoms with Crippen LogP contribution in [-0.4, -0.2) is 31.1 Å². The van der Waals surface area contributed by atoms with Gasteiger partial charge in [0, 0.05) is 42.7 Å². The highest BCUT2D eigenvalue weighted by Gasteiger charge is 2.33. The van der Waals surface area contributed by atoms with Crippen LogP contribution in [0.1, 0.15) is 31.4 Å². The Morgan fingerprint density at radius 1 is 1.32 bits per heavy atom. The first kappa shape index (κ1) is 15.1. The molecular weight excluding hydrogens is 288 g/mol. The summed E-state index contributed by atoms with van der Waals surface area (Å²) in [6, 6.07) is 1.51. The van der Waals surface area contributed by atoms with Crippen LogP contribution in [0.2, 0.25) is 0 Å². The van der Waals surface area contributed by atoms with Crippen molar-refractivity contribution >= 4 is 17.7 Å². The molecule has 1 aromatic rings. The summed E-state index contributed by atoms with van der Waals surface area (Å²) >= 11 is 0. The number of nitrogens with two attached hydrogens (primary N) is 1. The molecule has 3 atom stereocenters. The standard InChI is InChI=1S/C16H19F2N3O/c1-9-7-20-15(16(9)22)11-5-12(17)13(18)6-14(11)21-4-2-3-10(19)8-21/h5-7,9-10,15H,2-4,8,19H2,1H3/t9?,10-,15?/m0/s1. The van der Waals surface area contributed by atoms with Crippen LogP contribution >= 0.6 is 0 Å². The van der Waals surface area contributed by atoms with Crippen molar-refractivity contribution in [3.63, 3.8) is 0 Å². The molecule has 2 unspecified atom stereocenters. The maximum Gasteiger partial charge on any atom is 0.169 e. The SMILES string of the molecule is CC1C=NC(c2cc(F)c(F)cc2N2CCC[C@H](N)C2)C1=O. The molecule has 0 aromatic heterocycles. The normalized spacial score (nSPS) is 28.5. The molecule has 2 aliphatic rings. The lowest BCUT2D eigenvalue weighted by atomic mass is 9.95. The third-order valence-corrected chi connectivity index (χ3v) is 4.34. The number of benzene rings is 1. The Hall–Kier alpha value is -1.82. The lowest BCUT2D eigenvalue weighted by molar-refractivity contribution is -0.120. The van der Waals surface area contributed by atoms with Crippen molar-refractivity contribution in [3.8, 4) is 0 Å². The number of piperidine rings is 1. The molecule has 1 fully saturated rings. The summed E-state index contributed by atoms with van der Waals surface area (Å²) in [7, 11) is 0. The third kappa shape index (κ3) is 2.63. The number of ketones is 1. The van der Waals surface area contributed by atoms with Crippen LogP contribution in [0.4, 0.5) is 14.5 Å². The number of anilines is 1. The van der Waals surface area contributed by atoms with Gasteiger partial charge >= 0.3 is 0 Å². The molecule has 6 heteroatoms. The van der Waals surface area contributed by atoms with E-state index in [-0.39, 0.29) is 17.7 Å². The van der Waals surface area contributed by atoms with Crippen LogP contribution < -0.4 is 10.6 Å². The van der Waals surface area contributed by atoms with E-state index in [0.717, 1.165) is 25.0 Å². The molecule has 2 N–H and O–H groups in total. The Kier molecular flexibility index (Phi) is 3.95. The highest BCUT2D eigenvalue weighted by molar-refractivity contribution is 6.03. The van der Waals surface area contributed by atoms with Gasteiger partial charge in [-0.1, -0.05) is 6.92 Å². The van der Waals surface area contributed by atoms with Gasteiger partial charge in [0.1, 0.15) is 6.04 Å². The van der Waals surface area contributed by atoms with Crippen molar-refractivity contribution in [1.82, 2.24) is 0 Å². The van der Waals surface area contributed by atoms with E-state index in [4.69, 9.17) is 5.73 Å². The zero-order valence-electron chi connectivity index (χ0n) is 12.4. The molecule has 22 heavy (non-hydrogen) atoms. The molecule has 0 bridgehead atoms. The van der Waals surface area contributed by atoms with Crippen molar-refractivity contribution in [1.29, 1.82) is 0 Å². The number of Topliss-reactive ketones (excluding diaryl/α,β-unsaturated/α-hetero) is 1. The van der Waals surface area contributed by atoms with Crippen molar-refractivity contribution in [2.24, 2.45) is 16.6 Å². The number of nitrogens with zero attached hydrogens (tertiary/aromatic N) is 2. The Morgan fingerprint density at radius 2 is 2.05 bits per heavy atom. The smallest absolute Gasteiger partial charge is 0.169 e. The summed E-state index contributed by atoms with van der Waals surface area (Å²) in [5, 5.41) is 0. The molecule has 0 saturated carbocycles. The summed E-state index contributed by atoms with van der Waals surface area (Å²) in [4.78, 5) is 18.3. The Bertz CT molecular complexity index is 632. The second-order valence-corrected chi connectivity index (χ2v) is 6.07. The van der Waals surface area contributed by atoms with Crippen molar-refractivity contribution < 1.29 is 13.6 Å². The molecule has 1 aromatic carbocycles. The van der Waals surface area contributed by atoms with Crippen molar-refractivity contribution in [2.75, 3.05) is 18.0 Å². The van der Waals surface area contributed by atoms with Gasteiger partial charge in [0.2, 0.25) is 0 Å². The Morgan fingerprint density at radius 3 is 2.68 bits per heavy atom. The summed E-state index contributed by atoms with van der Waals surface area (Å²) in [5.41, 5.74) is 6.93. The number of hydrogen-bond acceptors (Lipinski definition) is 4. The van der Waals surface area contributed by atoms with Gasteiger partial charge in [0.05, 0.1) is 5.92 Å². The zero-order valence-corrected chi connectivity index (χ0v) is 12.4. The minimum absolute atomic E-state index is 0.00332. The number of halogens is 2. The summed E-state index contributed by atoms with van der Waals surface area (Å²) < 4.78 is 27.4. The number of carbonyl (C=O) groups excluding carboxylic acids is 1. The maximum absolute atomic E-state index is 13.7. The molecule has 4 nitrogen and oxygen atoms in total. The lowest BCUT2D eigenvalue weighted by Gasteiger charge is -2.34. The van der Waals surface area contributed by atoms with Gasteiger partial charge in [-0.15, -0.1) is 0 Å². The lowest BCUT2D eigenvalue weighted by Crippen LogP contribution is -2.43. The fourth-order valence-corrected chi connectivity index (χ4v) is 3.12. The predicted molar refractivity (Wildman–Crippen MR) is 81.2 cm³/mol. The number of carbonyl (C=O) groups is 1. The van der Waals surface area contributed by atoms with Crippen molar-refractivity contribution in [2.45, 2.75) is 31.8 Å². The van der Waals surface area contributed by atoms with Crippen LogP contribution in [0, 0.1) is 17.6 Å². The van der Waals surface area contributed by atoms with Gasteiger partial charge < -0.3 is 10.6 Å². The number of hydrogen-bond donors (Lipinski definition) is 1. The Balaban J connectivity index is 2.03. The molecule has 0 spiro atoms. The van der Waals surface area contributed by atoms with Gasteiger partial charge in [-0.25, -0.2) is 8.78 Å². The second-order valence-electron chi connectivity index (χ2n) is 6.07. The monoisotopic (exact) mass is 307 g/mol. The molecule has 1 saturated heterocycles. The van der Waals surface area contributed by atoms with Crippen LogP contribution in [0.15, 0.2) is 17.1 Å². The molecule has 0 radical (unpaired) electrons. The quantitative estimate of drug-likeness (QED) is 0.911. The van der Waals surface area contributed by atoms with E-state index in [1.807, 2.05) is 4.90 Å². The molecular formula is C16H19F2N3O. The first-order valence-electron chi connectivity index (χ1n) is 7.54. The van der Waals surface area contributed by atoms with Crippen molar-refractivity contribution in [3.05, 3.63) is 29.3 Å². The largest absolute Gasteiger partial charge is 0.370 e. The van der Waals surface area contributed by atoms with Gasteiger partial charge in [0.25, 0.3) is 0 Å². The topological polar surface area (TPSA) is 58.7 Å². The summed E-state index contributed by atoms with van der Waals surface area (Å²) in [6.07, 6.45) is 3.37. The maximum atomic E-state index is 13.7. The first-order valence-corrected chi connectivity index (χ1v) is 7.54. The van der Waals surface area contributed by atoms with Gasteiger partial charge in [-0.2, -0.15) is 0 Å². The average molecular weight is 307 g/mol. The zero-order chi connectivity index (χ0) is 15.9. The van der Waals surface area contributed by atoms with Gasteiger partial charge in [-0.3, -0.25) is 9.79 Å². The fourth-order valence-electron chi connectivity index (χ4n) is 3.12. The van der Waals surface area contributed by atoms with Crippen LogP contribution in [0.25, 0.3) is 0 Å². The van der Waals surface area contributed by atoms with E-state index in [1.54, 1.807) is 13.1 Å². The van der Waals surface area contributed by atoms with E-state index in [9.17, 15) is 13.6 Å².